The fraction of sp³-hybridized carbons (Fsp3) is 0.500. The summed E-state index contributed by atoms with van der Waals surface area (Å²) in [6, 6.07) is 1.56. The molecule has 0 saturated carbocycles. The molecule has 0 radical (unpaired) electrons. The first-order valence-corrected chi connectivity index (χ1v) is 7.60. The van der Waals surface area contributed by atoms with Gasteiger partial charge in [-0.3, -0.25) is 0 Å². The van der Waals surface area contributed by atoms with Crippen LogP contribution in [0.25, 0.3) is 0 Å². The summed E-state index contributed by atoms with van der Waals surface area (Å²) in [7, 11) is 0. The molecule has 1 atom stereocenters. The minimum atomic E-state index is -3.53. The summed E-state index contributed by atoms with van der Waals surface area (Å²) in [6.07, 6.45) is 0. The Labute approximate surface area is 139 Å². The summed E-state index contributed by atoms with van der Waals surface area (Å²) >= 11 is 7.86. The maximum absolute atomic E-state index is 15.0. The second-order valence-electron chi connectivity index (χ2n) is 5.79. The van der Waals surface area contributed by atoms with Crippen molar-refractivity contribution in [2.45, 2.75) is 37.8 Å². The van der Waals surface area contributed by atoms with Gasteiger partial charge in [-0.1, -0.05) is 12.2 Å². The number of thiocarbonyl (C=S) groups is 1. The lowest BCUT2D eigenvalue weighted by atomic mass is 9.78. The highest BCUT2D eigenvalue weighted by molar-refractivity contribution is 9.10. The molecule has 2 rings (SSSR count). The van der Waals surface area contributed by atoms with Crippen LogP contribution >= 0.6 is 28.1 Å². The Hall–Kier alpha value is -0.730. The zero-order chi connectivity index (χ0) is 16.9. The highest BCUT2D eigenvalue weighted by Gasteiger charge is 2.64. The molecule has 1 unspecified atom stereocenters. The van der Waals surface area contributed by atoms with Gasteiger partial charge in [0.25, 0.3) is 0 Å². The van der Waals surface area contributed by atoms with E-state index < -0.39 is 34.3 Å². The Kier molecular flexibility index (Phi) is 4.34. The van der Waals surface area contributed by atoms with Crippen LogP contribution in [0.2, 0.25) is 0 Å². The van der Waals surface area contributed by atoms with Gasteiger partial charge in [0.2, 0.25) is 0 Å². The molecule has 8 heteroatoms. The van der Waals surface area contributed by atoms with Crippen molar-refractivity contribution >= 4 is 33.1 Å². The van der Waals surface area contributed by atoms with Crippen LogP contribution in [0.1, 0.15) is 26.3 Å². The molecule has 0 spiro atoms. The summed E-state index contributed by atoms with van der Waals surface area (Å²) in [5.41, 5.74) is -4.49. The highest BCUT2D eigenvalue weighted by atomic mass is 79.9. The second kappa shape index (κ2) is 5.42. The molecule has 0 amide bonds. The molecule has 1 heterocycles. The summed E-state index contributed by atoms with van der Waals surface area (Å²) in [5, 5.41) is 2.48. The third-order valence-corrected chi connectivity index (χ3v) is 4.71. The minimum absolute atomic E-state index is 0.0209. The van der Waals surface area contributed by atoms with Crippen LogP contribution in [-0.4, -0.2) is 23.1 Å². The van der Waals surface area contributed by atoms with Crippen molar-refractivity contribution in [2.75, 3.05) is 6.61 Å². The Morgan fingerprint density at radius 3 is 2.36 bits per heavy atom. The SMILES string of the molecule is CC1(C)OCC(=S)NC(C)(c2cc(Br)c(F)cc2F)C1(F)F. The quantitative estimate of drug-likeness (QED) is 0.432. The van der Waals surface area contributed by atoms with Gasteiger partial charge in [0.1, 0.15) is 27.8 Å². The lowest BCUT2D eigenvalue weighted by molar-refractivity contribution is -0.216. The average molecular weight is 400 g/mol. The van der Waals surface area contributed by atoms with Crippen LogP contribution in [-0.2, 0) is 10.3 Å². The van der Waals surface area contributed by atoms with Crippen molar-refractivity contribution in [1.29, 1.82) is 0 Å². The zero-order valence-electron chi connectivity index (χ0n) is 12.1. The van der Waals surface area contributed by atoms with Crippen LogP contribution in [0, 0.1) is 11.6 Å². The Morgan fingerprint density at radius 2 is 1.77 bits per heavy atom. The van der Waals surface area contributed by atoms with E-state index in [1.165, 1.54) is 13.8 Å². The number of benzene rings is 1. The van der Waals surface area contributed by atoms with Crippen molar-refractivity contribution in [1.82, 2.24) is 5.32 Å². The molecule has 2 nitrogen and oxygen atoms in total. The number of rotatable bonds is 1. The van der Waals surface area contributed by atoms with Gasteiger partial charge < -0.3 is 10.1 Å². The predicted octanol–water partition coefficient (Wildman–Crippen LogP) is 4.30. The summed E-state index contributed by atoms with van der Waals surface area (Å²) in [5.74, 6) is -5.49. The van der Waals surface area contributed by atoms with Gasteiger partial charge in [0.15, 0.2) is 0 Å². The molecule has 1 fully saturated rings. The lowest BCUT2D eigenvalue weighted by Crippen LogP contribution is -2.62. The van der Waals surface area contributed by atoms with E-state index in [1.54, 1.807) is 0 Å². The van der Waals surface area contributed by atoms with Crippen molar-refractivity contribution < 1.29 is 22.3 Å². The first-order chi connectivity index (χ1) is 9.92. The van der Waals surface area contributed by atoms with E-state index in [9.17, 15) is 8.78 Å². The molecule has 0 aliphatic carbocycles. The first kappa shape index (κ1) is 17.6. The van der Waals surface area contributed by atoms with Gasteiger partial charge in [0.05, 0.1) is 11.1 Å². The summed E-state index contributed by atoms with van der Waals surface area (Å²) < 4.78 is 62.7. The maximum atomic E-state index is 15.0. The van der Waals surface area contributed by atoms with Gasteiger partial charge in [-0.25, -0.2) is 17.6 Å². The van der Waals surface area contributed by atoms with Crippen LogP contribution in [0.4, 0.5) is 17.6 Å². The first-order valence-electron chi connectivity index (χ1n) is 6.40. The van der Waals surface area contributed by atoms with Crippen LogP contribution < -0.4 is 5.32 Å². The van der Waals surface area contributed by atoms with Crippen LogP contribution in [0.5, 0.6) is 0 Å². The Bertz CT molecular complexity index is 638. The van der Waals surface area contributed by atoms with E-state index in [0.29, 0.717) is 6.07 Å². The number of nitrogens with one attached hydrogen (secondary N) is 1. The van der Waals surface area contributed by atoms with E-state index in [0.717, 1.165) is 13.0 Å². The topological polar surface area (TPSA) is 21.3 Å². The van der Waals surface area contributed by atoms with E-state index in [4.69, 9.17) is 17.0 Å². The third-order valence-electron chi connectivity index (χ3n) is 3.89. The standard InChI is InChI=1S/C14H14BrF4NOS/c1-12(2)14(18,19)13(3,20-11(22)6-21-12)7-4-8(15)10(17)5-9(7)16/h4-5H,6H2,1-3H3,(H,20,22). The smallest absolute Gasteiger partial charge is 0.302 e. The molecular weight excluding hydrogens is 386 g/mol. The van der Waals surface area contributed by atoms with Crippen molar-refractivity contribution in [3.05, 3.63) is 33.8 Å². The molecule has 1 N–H and O–H groups in total. The lowest BCUT2D eigenvalue weighted by Gasteiger charge is -2.44. The number of halogens is 5. The molecular formula is C14H14BrF4NOS. The summed E-state index contributed by atoms with van der Waals surface area (Å²) in [4.78, 5) is 0.0209. The normalized spacial score (nSPS) is 27.2. The minimum Gasteiger partial charge on any atom is -0.363 e. The molecule has 1 aliphatic heterocycles. The van der Waals surface area contributed by atoms with E-state index >= 15 is 8.78 Å². The molecule has 122 valence electrons. The van der Waals surface area contributed by atoms with Crippen LogP contribution in [0.3, 0.4) is 0 Å². The highest BCUT2D eigenvalue weighted by Crippen LogP contribution is 2.48. The average Bonchev–Trinajstić information content (AvgIpc) is 2.44. The van der Waals surface area contributed by atoms with Crippen LogP contribution in [0.15, 0.2) is 16.6 Å². The summed E-state index contributed by atoms with van der Waals surface area (Å²) in [6.45, 7) is 3.32. The Morgan fingerprint density at radius 1 is 1.18 bits per heavy atom. The van der Waals surface area contributed by atoms with Gasteiger partial charge in [-0.15, -0.1) is 0 Å². The number of hydrogen-bond acceptors (Lipinski definition) is 2. The monoisotopic (exact) mass is 399 g/mol. The Balaban J connectivity index is 2.72. The number of hydrogen-bond donors (Lipinski definition) is 1. The molecule has 1 aromatic carbocycles. The molecule has 1 saturated heterocycles. The van der Waals surface area contributed by atoms with Gasteiger partial charge in [-0.05, 0) is 42.8 Å². The molecule has 0 bridgehead atoms. The van der Waals surface area contributed by atoms with E-state index in [2.05, 4.69) is 21.2 Å². The van der Waals surface area contributed by atoms with Crippen molar-refractivity contribution in [3.8, 4) is 0 Å². The number of alkyl halides is 2. The zero-order valence-corrected chi connectivity index (χ0v) is 14.5. The van der Waals surface area contributed by atoms with Gasteiger partial charge in [-0.2, -0.15) is 0 Å². The van der Waals surface area contributed by atoms with Gasteiger partial charge >= 0.3 is 5.92 Å². The maximum Gasteiger partial charge on any atom is 0.302 e. The molecule has 22 heavy (non-hydrogen) atoms. The van der Waals surface area contributed by atoms with Crippen molar-refractivity contribution in [3.63, 3.8) is 0 Å². The largest absolute Gasteiger partial charge is 0.363 e. The fourth-order valence-corrected chi connectivity index (χ4v) is 3.08. The molecule has 0 aromatic heterocycles. The van der Waals surface area contributed by atoms with E-state index in [1.807, 2.05) is 0 Å². The molecule has 1 aromatic rings. The second-order valence-corrected chi connectivity index (χ2v) is 7.14. The fourth-order valence-electron chi connectivity index (χ4n) is 2.47. The van der Waals surface area contributed by atoms with Gasteiger partial charge in [0, 0.05) is 11.6 Å². The van der Waals surface area contributed by atoms with E-state index in [-0.39, 0.29) is 16.1 Å². The molecule has 1 aliphatic rings. The predicted molar refractivity (Wildman–Crippen MR) is 82.1 cm³/mol. The number of ether oxygens (including phenoxy) is 1. The van der Waals surface area contributed by atoms with Crippen molar-refractivity contribution in [2.24, 2.45) is 0 Å². The third kappa shape index (κ3) is 2.55.